The maximum Gasteiger partial charge on any atom is 0.405 e. The van der Waals surface area contributed by atoms with E-state index in [0.717, 1.165) is 0 Å². The summed E-state index contributed by atoms with van der Waals surface area (Å²) in [6, 6.07) is -2.31. The van der Waals surface area contributed by atoms with Crippen LogP contribution in [0.15, 0.2) is 0 Å². The predicted molar refractivity (Wildman–Crippen MR) is 44.3 cm³/mol. The lowest BCUT2D eigenvalue weighted by molar-refractivity contribution is -0.182. The first-order chi connectivity index (χ1) is 5.84. The molecule has 0 amide bonds. The van der Waals surface area contributed by atoms with Gasteiger partial charge < -0.3 is 5.73 Å². The Hall–Kier alpha value is -0.290. The molecule has 0 unspecified atom stereocenters. The second kappa shape index (κ2) is 3.46. The predicted octanol–water partition coefficient (Wildman–Crippen LogP) is 1.36. The van der Waals surface area contributed by atoms with Crippen LogP contribution in [0.4, 0.5) is 13.2 Å². The van der Waals surface area contributed by atoms with E-state index in [4.69, 9.17) is 5.73 Å². The fraction of sp³-hybridized carbons (Fsp3) is 1.00. The maximum absolute atomic E-state index is 12.5. The molecule has 1 aliphatic heterocycles. The van der Waals surface area contributed by atoms with Crippen LogP contribution in [0, 0.1) is 0 Å². The molecule has 1 rings (SSSR count). The van der Waals surface area contributed by atoms with Gasteiger partial charge in [-0.05, 0) is 20.3 Å². The maximum atomic E-state index is 12.5. The highest BCUT2D eigenvalue weighted by molar-refractivity contribution is 4.95. The van der Waals surface area contributed by atoms with Gasteiger partial charge in [0.25, 0.3) is 0 Å². The average Bonchev–Trinajstić information content (AvgIpc) is 2.28. The SMILES string of the molecule is CC(C)N1CC[C@H](N)[C@H]1C(F)(F)F. The third-order valence-electron chi connectivity index (χ3n) is 2.48. The van der Waals surface area contributed by atoms with E-state index < -0.39 is 18.3 Å². The summed E-state index contributed by atoms with van der Waals surface area (Å²) in [5.41, 5.74) is 5.43. The summed E-state index contributed by atoms with van der Waals surface area (Å²) in [6.07, 6.45) is -3.76. The van der Waals surface area contributed by atoms with Crippen molar-refractivity contribution in [2.45, 2.75) is 44.6 Å². The molecule has 13 heavy (non-hydrogen) atoms. The van der Waals surface area contributed by atoms with Crippen LogP contribution in [0.5, 0.6) is 0 Å². The van der Waals surface area contributed by atoms with Gasteiger partial charge in [0, 0.05) is 18.6 Å². The molecular weight excluding hydrogens is 181 g/mol. The fourth-order valence-corrected chi connectivity index (χ4v) is 1.85. The molecule has 1 fully saturated rings. The molecule has 1 heterocycles. The highest BCUT2D eigenvalue weighted by atomic mass is 19.4. The van der Waals surface area contributed by atoms with Crippen molar-refractivity contribution in [3.8, 4) is 0 Å². The van der Waals surface area contributed by atoms with Gasteiger partial charge in [-0.1, -0.05) is 0 Å². The quantitative estimate of drug-likeness (QED) is 0.686. The zero-order chi connectivity index (χ0) is 10.2. The van der Waals surface area contributed by atoms with E-state index in [9.17, 15) is 13.2 Å². The number of hydrogen-bond donors (Lipinski definition) is 1. The number of halogens is 3. The van der Waals surface area contributed by atoms with E-state index >= 15 is 0 Å². The average molecular weight is 196 g/mol. The second-order valence-corrected chi connectivity index (χ2v) is 3.77. The van der Waals surface area contributed by atoms with Gasteiger partial charge in [0.05, 0.1) is 0 Å². The number of nitrogens with two attached hydrogens (primary N) is 1. The minimum absolute atomic E-state index is 0.0971. The monoisotopic (exact) mass is 196 g/mol. The van der Waals surface area contributed by atoms with E-state index in [1.807, 2.05) is 0 Å². The number of rotatable bonds is 1. The Labute approximate surface area is 75.9 Å². The molecule has 2 N–H and O–H groups in total. The van der Waals surface area contributed by atoms with Gasteiger partial charge in [-0.25, -0.2) is 0 Å². The molecule has 1 saturated heterocycles. The number of alkyl halides is 3. The van der Waals surface area contributed by atoms with E-state index in [0.29, 0.717) is 13.0 Å². The Kier molecular flexibility index (Phi) is 2.87. The molecule has 78 valence electrons. The van der Waals surface area contributed by atoms with Crippen molar-refractivity contribution in [2.75, 3.05) is 6.54 Å². The minimum Gasteiger partial charge on any atom is -0.326 e. The van der Waals surface area contributed by atoms with Crippen LogP contribution in [0.25, 0.3) is 0 Å². The molecule has 0 aromatic rings. The van der Waals surface area contributed by atoms with Gasteiger partial charge in [-0.3, -0.25) is 4.90 Å². The van der Waals surface area contributed by atoms with E-state index in [2.05, 4.69) is 0 Å². The highest BCUT2D eigenvalue weighted by Gasteiger charge is 2.50. The van der Waals surface area contributed by atoms with Gasteiger partial charge in [-0.15, -0.1) is 0 Å². The summed E-state index contributed by atoms with van der Waals surface area (Å²) in [6.45, 7) is 3.97. The van der Waals surface area contributed by atoms with E-state index in [-0.39, 0.29) is 6.04 Å². The highest BCUT2D eigenvalue weighted by Crippen LogP contribution is 2.33. The summed E-state index contributed by atoms with van der Waals surface area (Å²) >= 11 is 0. The number of nitrogens with zero attached hydrogens (tertiary/aromatic N) is 1. The van der Waals surface area contributed by atoms with Gasteiger partial charge >= 0.3 is 6.18 Å². The van der Waals surface area contributed by atoms with Gasteiger partial charge in [0.2, 0.25) is 0 Å². The molecule has 0 saturated carbocycles. The van der Waals surface area contributed by atoms with Crippen molar-refractivity contribution >= 4 is 0 Å². The van der Waals surface area contributed by atoms with Crippen LogP contribution in [0.1, 0.15) is 20.3 Å². The van der Waals surface area contributed by atoms with Gasteiger partial charge in [0.1, 0.15) is 6.04 Å². The largest absolute Gasteiger partial charge is 0.405 e. The third-order valence-corrected chi connectivity index (χ3v) is 2.48. The van der Waals surface area contributed by atoms with Crippen LogP contribution in [0.2, 0.25) is 0 Å². The summed E-state index contributed by atoms with van der Waals surface area (Å²) in [5, 5.41) is 0. The lowest BCUT2D eigenvalue weighted by Gasteiger charge is -2.31. The molecule has 5 heteroatoms. The van der Waals surface area contributed by atoms with Crippen LogP contribution < -0.4 is 5.73 Å². The molecule has 1 aliphatic rings. The molecule has 2 nitrogen and oxygen atoms in total. The number of likely N-dealkylation sites (tertiary alicyclic amines) is 1. The van der Waals surface area contributed by atoms with Crippen molar-refractivity contribution in [1.29, 1.82) is 0 Å². The molecular formula is C8H15F3N2. The Balaban J connectivity index is 2.77. The minimum atomic E-state index is -4.19. The Morgan fingerprint density at radius 3 is 2.23 bits per heavy atom. The first-order valence-electron chi connectivity index (χ1n) is 4.42. The third kappa shape index (κ3) is 2.14. The van der Waals surface area contributed by atoms with E-state index in [1.54, 1.807) is 13.8 Å². The molecule has 0 radical (unpaired) electrons. The topological polar surface area (TPSA) is 29.3 Å². The van der Waals surface area contributed by atoms with Crippen LogP contribution >= 0.6 is 0 Å². The smallest absolute Gasteiger partial charge is 0.326 e. The van der Waals surface area contributed by atoms with Crippen LogP contribution in [-0.4, -0.2) is 35.7 Å². The van der Waals surface area contributed by atoms with Crippen molar-refractivity contribution in [3.63, 3.8) is 0 Å². The van der Waals surface area contributed by atoms with E-state index in [1.165, 1.54) is 4.90 Å². The first kappa shape index (κ1) is 10.8. The first-order valence-corrected chi connectivity index (χ1v) is 4.42. The Morgan fingerprint density at radius 2 is 1.92 bits per heavy atom. The zero-order valence-corrected chi connectivity index (χ0v) is 7.80. The normalized spacial score (nSPS) is 31.6. The molecule has 0 aliphatic carbocycles. The summed E-state index contributed by atoms with van der Waals surface area (Å²) in [7, 11) is 0. The van der Waals surface area contributed by atoms with Gasteiger partial charge in [-0.2, -0.15) is 13.2 Å². The molecule has 0 aromatic heterocycles. The molecule has 0 spiro atoms. The Morgan fingerprint density at radius 1 is 1.38 bits per heavy atom. The van der Waals surface area contributed by atoms with Crippen LogP contribution in [-0.2, 0) is 0 Å². The van der Waals surface area contributed by atoms with Crippen molar-refractivity contribution in [3.05, 3.63) is 0 Å². The zero-order valence-electron chi connectivity index (χ0n) is 7.80. The van der Waals surface area contributed by atoms with Crippen molar-refractivity contribution < 1.29 is 13.2 Å². The fourth-order valence-electron chi connectivity index (χ4n) is 1.85. The van der Waals surface area contributed by atoms with Crippen LogP contribution in [0.3, 0.4) is 0 Å². The molecule has 0 bridgehead atoms. The standard InChI is InChI=1S/C8H15F3N2/c1-5(2)13-4-3-6(12)7(13)8(9,10)11/h5-7H,3-4,12H2,1-2H3/t6-,7-/m0/s1. The lowest BCUT2D eigenvalue weighted by Crippen LogP contribution is -2.51. The van der Waals surface area contributed by atoms with Gasteiger partial charge in [0.15, 0.2) is 0 Å². The summed E-state index contributed by atoms with van der Waals surface area (Å²) in [4.78, 5) is 1.42. The summed E-state index contributed by atoms with van der Waals surface area (Å²) in [5.74, 6) is 0. The van der Waals surface area contributed by atoms with Crippen molar-refractivity contribution in [1.82, 2.24) is 4.90 Å². The lowest BCUT2D eigenvalue weighted by atomic mass is 10.1. The molecule has 0 aromatic carbocycles. The Bertz CT molecular complexity index is 179. The number of hydrogen-bond acceptors (Lipinski definition) is 2. The second-order valence-electron chi connectivity index (χ2n) is 3.77. The summed E-state index contributed by atoms with van der Waals surface area (Å²) < 4.78 is 37.5. The molecule has 2 atom stereocenters. The van der Waals surface area contributed by atoms with Crippen molar-refractivity contribution in [2.24, 2.45) is 5.73 Å².